The molecule has 0 bridgehead atoms. The molecule has 1 fully saturated rings. The highest BCUT2D eigenvalue weighted by molar-refractivity contribution is 6.33. The number of anilines is 1. The van der Waals surface area contributed by atoms with Gasteiger partial charge in [0.2, 0.25) is 17.7 Å². The molecule has 1 saturated heterocycles. The SMILES string of the molecule is CCOc1cc2oc(-c3ccc(OCCOCCOCCOCCOc4cccc5c4C(=O)N(C4CCC(=O)NC4=O)C5=O)cc3Cl)cc(=O)c2cc1-c1cc(C(N)=O)cc(N(C)C)c1. The lowest BCUT2D eigenvalue weighted by atomic mass is 9.98. The molecule has 18 heteroatoms. The number of rotatable bonds is 21. The third-order valence-corrected chi connectivity index (χ3v) is 10.8. The molecule has 1 unspecified atom stereocenters. The van der Waals surface area contributed by atoms with Gasteiger partial charge in [-0.1, -0.05) is 17.7 Å². The van der Waals surface area contributed by atoms with Gasteiger partial charge < -0.3 is 43.5 Å². The summed E-state index contributed by atoms with van der Waals surface area (Å²) in [6, 6.07) is 18.6. The number of benzene rings is 4. The smallest absolute Gasteiger partial charge is 0.266 e. The van der Waals surface area contributed by atoms with Crippen LogP contribution in [0, 0.1) is 0 Å². The van der Waals surface area contributed by atoms with Crippen LogP contribution in [0.1, 0.15) is 50.8 Å². The molecule has 2 aliphatic rings. The highest BCUT2D eigenvalue weighted by atomic mass is 35.5. The van der Waals surface area contributed by atoms with Crippen LogP contribution in [0.25, 0.3) is 33.4 Å². The number of fused-ring (bicyclic) bond motifs is 2. The van der Waals surface area contributed by atoms with Crippen molar-refractivity contribution < 1.29 is 56.8 Å². The largest absolute Gasteiger partial charge is 0.493 e. The van der Waals surface area contributed by atoms with Gasteiger partial charge in [0.25, 0.3) is 11.8 Å². The Hall–Kier alpha value is -6.79. The van der Waals surface area contributed by atoms with Crippen molar-refractivity contribution in [1.29, 1.82) is 0 Å². The van der Waals surface area contributed by atoms with Gasteiger partial charge in [0, 0.05) is 55.0 Å². The lowest BCUT2D eigenvalue weighted by molar-refractivity contribution is -0.136. The van der Waals surface area contributed by atoms with E-state index in [2.05, 4.69) is 5.32 Å². The summed E-state index contributed by atoms with van der Waals surface area (Å²) in [5, 5.41) is 2.80. The minimum Gasteiger partial charge on any atom is -0.493 e. The van der Waals surface area contributed by atoms with Crippen LogP contribution in [0.3, 0.4) is 0 Å². The second-order valence-electron chi connectivity index (χ2n) is 15.1. The van der Waals surface area contributed by atoms with Crippen molar-refractivity contribution in [3.63, 3.8) is 0 Å². The summed E-state index contributed by atoms with van der Waals surface area (Å²) >= 11 is 6.66. The summed E-state index contributed by atoms with van der Waals surface area (Å²) in [4.78, 5) is 78.5. The Bertz CT molecular complexity index is 2700. The summed E-state index contributed by atoms with van der Waals surface area (Å²) in [6.07, 6.45) is 0.0944. The van der Waals surface area contributed by atoms with E-state index in [0.717, 1.165) is 10.6 Å². The van der Waals surface area contributed by atoms with E-state index >= 15 is 0 Å². The fraction of sp³-hybridized carbons (Fsp3) is 0.319. The molecule has 0 spiro atoms. The number of halogens is 1. The fourth-order valence-electron chi connectivity index (χ4n) is 7.34. The van der Waals surface area contributed by atoms with E-state index in [9.17, 15) is 28.8 Å². The highest BCUT2D eigenvalue weighted by Gasteiger charge is 2.46. The molecule has 0 saturated carbocycles. The van der Waals surface area contributed by atoms with Gasteiger partial charge in [-0.15, -0.1) is 0 Å². The maximum absolute atomic E-state index is 13.5. The molecule has 5 amide bonds. The van der Waals surface area contributed by atoms with Gasteiger partial charge in [-0.05, 0) is 73.5 Å². The minimum atomic E-state index is -1.06. The topological polar surface area (TPSA) is 215 Å². The fourth-order valence-corrected chi connectivity index (χ4v) is 7.61. The molecule has 7 rings (SSSR count). The predicted molar refractivity (Wildman–Crippen MR) is 239 cm³/mol. The number of hydrogen-bond acceptors (Lipinski definition) is 14. The van der Waals surface area contributed by atoms with Crippen molar-refractivity contribution in [2.45, 2.75) is 25.8 Å². The molecule has 2 aliphatic heterocycles. The number of piperidine rings is 1. The summed E-state index contributed by atoms with van der Waals surface area (Å²) in [5.74, 6) is -1.54. The third kappa shape index (κ3) is 10.6. The second-order valence-corrected chi connectivity index (χ2v) is 15.5. The molecular weight excluding hydrogens is 864 g/mol. The Morgan fingerprint density at radius 2 is 1.49 bits per heavy atom. The van der Waals surface area contributed by atoms with Crippen molar-refractivity contribution in [2.75, 3.05) is 78.5 Å². The first kappa shape index (κ1) is 46.2. The maximum Gasteiger partial charge on any atom is 0.266 e. The molecule has 1 aromatic heterocycles. The van der Waals surface area contributed by atoms with Crippen molar-refractivity contribution in [1.82, 2.24) is 10.2 Å². The molecule has 5 aromatic rings. The maximum atomic E-state index is 13.5. The number of carbonyl (C=O) groups excluding carboxylic acids is 5. The van der Waals surface area contributed by atoms with E-state index < -0.39 is 35.6 Å². The van der Waals surface area contributed by atoms with E-state index in [0.29, 0.717) is 76.2 Å². The van der Waals surface area contributed by atoms with Crippen molar-refractivity contribution in [3.8, 4) is 39.7 Å². The molecule has 0 aliphatic carbocycles. The van der Waals surface area contributed by atoms with Crippen LogP contribution in [0.2, 0.25) is 5.02 Å². The van der Waals surface area contributed by atoms with Crippen molar-refractivity contribution in [2.24, 2.45) is 5.73 Å². The number of nitrogens with two attached hydrogens (primary N) is 1. The van der Waals surface area contributed by atoms with E-state index in [1.807, 2.05) is 32.0 Å². The number of nitrogens with zero attached hydrogens (tertiary/aromatic N) is 2. The standard InChI is InChI=1S/C47H47ClN4O13/c1-4-62-39-26-41-34(24-33(39)27-20-28(44(49)55)22-29(21-27)51(2)3)37(53)25-40(65-41)31-9-8-30(23-35(31)48)63-18-16-60-14-12-59-13-15-61-17-19-64-38-7-5-6-32-43(38)47(58)52(46(32)57)36-10-11-42(54)50-45(36)56/h5-9,20-26,36H,4,10-19H2,1-3H3,(H2,49,55)(H,50,54,56). The molecule has 65 heavy (non-hydrogen) atoms. The molecular formula is C47H47ClN4O13. The normalized spacial score (nSPS) is 14.7. The zero-order valence-electron chi connectivity index (χ0n) is 35.9. The van der Waals surface area contributed by atoms with Crippen molar-refractivity contribution >= 4 is 57.8 Å². The van der Waals surface area contributed by atoms with E-state index in [1.165, 1.54) is 12.1 Å². The summed E-state index contributed by atoms with van der Waals surface area (Å²) in [7, 11) is 3.71. The quantitative estimate of drug-likeness (QED) is 0.0711. The Balaban J connectivity index is 0.826. The number of carbonyl (C=O) groups is 5. The highest BCUT2D eigenvalue weighted by Crippen LogP contribution is 2.39. The molecule has 340 valence electrons. The lowest BCUT2D eigenvalue weighted by Gasteiger charge is -2.27. The zero-order chi connectivity index (χ0) is 46.2. The number of hydrogen-bond donors (Lipinski definition) is 2. The first-order chi connectivity index (χ1) is 31.3. The van der Waals surface area contributed by atoms with E-state index in [1.54, 1.807) is 54.6 Å². The Kier molecular flexibility index (Phi) is 14.8. The molecule has 4 aromatic carbocycles. The number of amides is 5. The summed E-state index contributed by atoms with van der Waals surface area (Å²) in [5.41, 5.74) is 8.66. The van der Waals surface area contributed by atoms with Gasteiger partial charge in [-0.25, -0.2) is 0 Å². The molecule has 3 heterocycles. The Morgan fingerprint density at radius 1 is 0.785 bits per heavy atom. The monoisotopic (exact) mass is 910 g/mol. The van der Waals surface area contributed by atoms with Gasteiger partial charge in [-0.3, -0.25) is 39.0 Å². The number of primary amides is 1. The van der Waals surface area contributed by atoms with Crippen LogP contribution >= 0.6 is 11.6 Å². The number of ether oxygens (including phenoxy) is 6. The van der Waals surface area contributed by atoms with Crippen LogP contribution in [-0.2, 0) is 23.8 Å². The van der Waals surface area contributed by atoms with Crippen LogP contribution < -0.4 is 35.6 Å². The summed E-state index contributed by atoms with van der Waals surface area (Å²) in [6.45, 7) is 4.21. The van der Waals surface area contributed by atoms with E-state index in [-0.39, 0.29) is 73.9 Å². The molecule has 17 nitrogen and oxygen atoms in total. The lowest BCUT2D eigenvalue weighted by Crippen LogP contribution is -2.54. The van der Waals surface area contributed by atoms with Gasteiger partial charge >= 0.3 is 0 Å². The minimum absolute atomic E-state index is 0.0314. The van der Waals surface area contributed by atoms with Gasteiger partial charge in [0.1, 0.15) is 47.8 Å². The summed E-state index contributed by atoms with van der Waals surface area (Å²) < 4.78 is 40.5. The first-order valence-electron chi connectivity index (χ1n) is 20.8. The van der Waals surface area contributed by atoms with Gasteiger partial charge in [0.15, 0.2) is 5.43 Å². The van der Waals surface area contributed by atoms with Crippen LogP contribution in [0.5, 0.6) is 17.2 Å². The van der Waals surface area contributed by atoms with Crippen LogP contribution in [0.4, 0.5) is 5.69 Å². The zero-order valence-corrected chi connectivity index (χ0v) is 36.7. The van der Waals surface area contributed by atoms with Crippen molar-refractivity contribution in [3.05, 3.63) is 105 Å². The van der Waals surface area contributed by atoms with Crippen LogP contribution in [0.15, 0.2) is 82.0 Å². The van der Waals surface area contributed by atoms with Gasteiger partial charge in [0.05, 0.1) is 67.8 Å². The third-order valence-electron chi connectivity index (χ3n) is 10.5. The molecule has 3 N–H and O–H groups in total. The first-order valence-corrected chi connectivity index (χ1v) is 21.2. The molecule has 1 atom stereocenters. The van der Waals surface area contributed by atoms with Gasteiger partial charge in [-0.2, -0.15) is 0 Å². The average Bonchev–Trinajstić information content (AvgIpc) is 3.53. The number of nitrogens with one attached hydrogen (secondary N) is 1. The number of imide groups is 2. The predicted octanol–water partition coefficient (Wildman–Crippen LogP) is 5.25. The second kappa shape index (κ2) is 20.8. The Morgan fingerprint density at radius 3 is 2.15 bits per heavy atom. The average molecular weight is 911 g/mol. The molecule has 0 radical (unpaired) electrons. The van der Waals surface area contributed by atoms with Crippen LogP contribution in [-0.4, -0.2) is 114 Å². The van der Waals surface area contributed by atoms with E-state index in [4.69, 9.17) is 50.2 Å². The Labute approximate surface area is 378 Å².